The van der Waals surface area contributed by atoms with Crippen molar-refractivity contribution in [3.05, 3.63) is 42.2 Å². The second-order valence-corrected chi connectivity index (χ2v) is 8.80. The average Bonchev–Trinajstić information content (AvgIpc) is 3.46. The summed E-state index contributed by atoms with van der Waals surface area (Å²) in [6, 6.07) is 2.99. The molecule has 2 fully saturated rings. The summed E-state index contributed by atoms with van der Waals surface area (Å²) in [5.41, 5.74) is 1.28. The molecule has 1 unspecified atom stereocenters. The molecule has 4 heterocycles. The summed E-state index contributed by atoms with van der Waals surface area (Å²) in [5, 5.41) is 18.6. The van der Waals surface area contributed by atoms with Crippen molar-refractivity contribution in [1.29, 1.82) is 0 Å². The lowest BCUT2D eigenvalue weighted by molar-refractivity contribution is -0.193. The summed E-state index contributed by atoms with van der Waals surface area (Å²) >= 11 is 0. The summed E-state index contributed by atoms with van der Waals surface area (Å²) < 4.78 is 65.5. The summed E-state index contributed by atoms with van der Waals surface area (Å²) in [6.45, 7) is 4.38. The van der Waals surface area contributed by atoms with Crippen LogP contribution < -0.4 is 0 Å². The number of rotatable bonds is 3. The van der Waals surface area contributed by atoms with Crippen LogP contribution in [0.5, 0.6) is 0 Å². The number of nitrogens with zero attached hydrogens (tertiary/aromatic N) is 6. The number of aryl methyl sites for hydroxylation is 1. The van der Waals surface area contributed by atoms with Crippen molar-refractivity contribution >= 4 is 17.8 Å². The Morgan fingerprint density at radius 3 is 2.08 bits per heavy atom. The SMILES string of the molecule is Cc1cnc(C(=O)N2CC[C@H]3[C@H](CC(Cn4cccn4)N3C)C2)cn1.O=C(O)C(F)(F)F.O=C(O)C(F)(F)F. The molecular formula is C22H26F6N6O5. The highest BCUT2D eigenvalue weighted by Crippen LogP contribution is 2.35. The van der Waals surface area contributed by atoms with Gasteiger partial charge in [0, 0.05) is 43.8 Å². The Bertz CT molecular complexity index is 1090. The van der Waals surface area contributed by atoms with Gasteiger partial charge in [-0.1, -0.05) is 0 Å². The van der Waals surface area contributed by atoms with Crippen LogP contribution in [0.15, 0.2) is 30.9 Å². The predicted octanol–water partition coefficient (Wildman–Crippen LogP) is 2.48. The van der Waals surface area contributed by atoms with Crippen molar-refractivity contribution in [2.75, 3.05) is 20.1 Å². The number of piperidine rings is 1. The molecule has 17 heteroatoms. The van der Waals surface area contributed by atoms with Crippen LogP contribution in [0.25, 0.3) is 0 Å². The fourth-order valence-corrected chi connectivity index (χ4v) is 4.25. The quantitative estimate of drug-likeness (QED) is 0.534. The Kier molecular flexibility index (Phi) is 10.4. The van der Waals surface area contributed by atoms with E-state index in [-0.39, 0.29) is 5.91 Å². The first-order valence-corrected chi connectivity index (χ1v) is 11.4. The molecule has 2 aliphatic rings. The molecule has 0 aromatic carbocycles. The van der Waals surface area contributed by atoms with E-state index in [1.54, 1.807) is 12.4 Å². The molecule has 11 nitrogen and oxygen atoms in total. The van der Waals surface area contributed by atoms with Crippen LogP contribution in [0.4, 0.5) is 26.3 Å². The first-order valence-electron chi connectivity index (χ1n) is 11.4. The third-order valence-corrected chi connectivity index (χ3v) is 6.10. The monoisotopic (exact) mass is 568 g/mol. The van der Waals surface area contributed by atoms with E-state index in [2.05, 4.69) is 27.0 Å². The van der Waals surface area contributed by atoms with Gasteiger partial charge in [0.15, 0.2) is 0 Å². The van der Waals surface area contributed by atoms with Crippen molar-refractivity contribution in [2.24, 2.45) is 5.92 Å². The van der Waals surface area contributed by atoms with E-state index in [0.29, 0.717) is 23.7 Å². The van der Waals surface area contributed by atoms with Gasteiger partial charge in [0.25, 0.3) is 5.91 Å². The molecule has 216 valence electrons. The van der Waals surface area contributed by atoms with Crippen molar-refractivity contribution in [3.8, 4) is 0 Å². The average molecular weight is 568 g/mol. The number of amides is 1. The maximum atomic E-state index is 12.7. The molecule has 2 aromatic rings. The van der Waals surface area contributed by atoms with Crippen molar-refractivity contribution in [1.82, 2.24) is 29.5 Å². The van der Waals surface area contributed by atoms with Crippen molar-refractivity contribution in [2.45, 2.75) is 50.7 Å². The maximum Gasteiger partial charge on any atom is 0.490 e. The zero-order valence-corrected chi connectivity index (χ0v) is 20.7. The van der Waals surface area contributed by atoms with Gasteiger partial charge in [0.05, 0.1) is 18.4 Å². The molecule has 0 radical (unpaired) electrons. The highest BCUT2D eigenvalue weighted by atomic mass is 19.4. The molecule has 2 aromatic heterocycles. The number of likely N-dealkylation sites (N-methyl/N-ethyl adjacent to an activating group) is 1. The molecular weight excluding hydrogens is 542 g/mol. The van der Waals surface area contributed by atoms with Gasteiger partial charge in [0.1, 0.15) is 5.69 Å². The number of hydrogen-bond donors (Lipinski definition) is 2. The van der Waals surface area contributed by atoms with E-state index >= 15 is 0 Å². The number of carbonyl (C=O) groups is 3. The number of carboxylic acid groups (broad SMARTS) is 2. The molecule has 2 N–H and O–H groups in total. The number of halogens is 6. The van der Waals surface area contributed by atoms with Crippen molar-refractivity contribution in [3.63, 3.8) is 0 Å². The van der Waals surface area contributed by atoms with E-state index in [1.807, 2.05) is 35.0 Å². The molecule has 2 aliphatic heterocycles. The first-order chi connectivity index (χ1) is 18.0. The number of carbonyl (C=O) groups excluding carboxylic acids is 1. The summed E-state index contributed by atoms with van der Waals surface area (Å²) in [7, 11) is 2.21. The second-order valence-electron chi connectivity index (χ2n) is 8.80. The van der Waals surface area contributed by atoms with Crippen LogP contribution in [-0.2, 0) is 16.1 Å². The molecule has 0 aliphatic carbocycles. The van der Waals surface area contributed by atoms with Gasteiger partial charge >= 0.3 is 24.3 Å². The standard InChI is InChI=1S/C18H24N6O.2C2HF3O2/c1-13-9-20-16(10-19-13)18(25)23-7-4-17-14(11-23)8-15(22(17)2)12-24-6-3-5-21-24;2*3-2(4,5)1(6)7/h3,5-6,9-10,14-15,17H,4,7-8,11-12H2,1-2H3;2*(H,6,7)/t14-,15?,17+;;/m1../s1. The van der Waals surface area contributed by atoms with Gasteiger partial charge in [-0.05, 0) is 38.8 Å². The first kappa shape index (κ1) is 31.5. The zero-order chi connectivity index (χ0) is 29.5. The van der Waals surface area contributed by atoms with Crippen LogP contribution in [0.2, 0.25) is 0 Å². The Balaban J connectivity index is 0.000000317. The number of carboxylic acids is 2. The highest BCUT2D eigenvalue weighted by Gasteiger charge is 2.43. The third kappa shape index (κ3) is 9.19. The molecule has 0 spiro atoms. The predicted molar refractivity (Wildman–Crippen MR) is 120 cm³/mol. The van der Waals surface area contributed by atoms with Crippen LogP contribution in [0, 0.1) is 12.8 Å². The lowest BCUT2D eigenvalue weighted by atomic mass is 9.92. The Morgan fingerprint density at radius 2 is 1.62 bits per heavy atom. The lowest BCUT2D eigenvalue weighted by Gasteiger charge is -2.37. The summed E-state index contributed by atoms with van der Waals surface area (Å²) in [5.74, 6) is -4.99. The van der Waals surface area contributed by atoms with E-state index in [1.165, 1.54) is 0 Å². The Hall–Kier alpha value is -3.76. The van der Waals surface area contributed by atoms with Gasteiger partial charge in [-0.2, -0.15) is 31.4 Å². The zero-order valence-electron chi connectivity index (χ0n) is 20.7. The lowest BCUT2D eigenvalue weighted by Crippen LogP contribution is -2.48. The van der Waals surface area contributed by atoms with Crippen LogP contribution in [-0.4, -0.2) is 102 Å². The van der Waals surface area contributed by atoms with Crippen LogP contribution in [0.1, 0.15) is 29.0 Å². The van der Waals surface area contributed by atoms with E-state index < -0.39 is 24.3 Å². The smallest absolute Gasteiger partial charge is 0.475 e. The molecule has 39 heavy (non-hydrogen) atoms. The molecule has 0 bridgehead atoms. The highest BCUT2D eigenvalue weighted by molar-refractivity contribution is 5.92. The van der Waals surface area contributed by atoms with Crippen LogP contribution >= 0.6 is 0 Å². The van der Waals surface area contributed by atoms with E-state index in [4.69, 9.17) is 19.8 Å². The number of likely N-dealkylation sites (tertiary alicyclic amines) is 2. The second kappa shape index (κ2) is 12.9. The van der Waals surface area contributed by atoms with Gasteiger partial charge in [0.2, 0.25) is 0 Å². The molecule has 4 rings (SSSR count). The Morgan fingerprint density at radius 1 is 1.03 bits per heavy atom. The maximum absolute atomic E-state index is 12.7. The normalized spacial score (nSPS) is 21.1. The number of hydrogen-bond acceptors (Lipinski definition) is 7. The van der Waals surface area contributed by atoms with E-state index in [9.17, 15) is 31.1 Å². The number of fused-ring (bicyclic) bond motifs is 1. The van der Waals surface area contributed by atoms with E-state index in [0.717, 1.165) is 38.2 Å². The molecule has 0 saturated carbocycles. The Labute approximate surface area is 218 Å². The minimum Gasteiger partial charge on any atom is -0.475 e. The fourth-order valence-electron chi connectivity index (χ4n) is 4.25. The van der Waals surface area contributed by atoms with Gasteiger partial charge in [-0.15, -0.1) is 0 Å². The minimum atomic E-state index is -5.08. The van der Waals surface area contributed by atoms with Crippen LogP contribution in [0.3, 0.4) is 0 Å². The van der Waals surface area contributed by atoms with Crippen molar-refractivity contribution < 1.29 is 50.9 Å². The number of aliphatic carboxylic acids is 2. The number of aromatic nitrogens is 4. The number of alkyl halides is 6. The molecule has 1 amide bonds. The largest absolute Gasteiger partial charge is 0.490 e. The van der Waals surface area contributed by atoms with Gasteiger partial charge < -0.3 is 15.1 Å². The molecule has 3 atom stereocenters. The van der Waals surface area contributed by atoms with Gasteiger partial charge in [-0.25, -0.2) is 14.6 Å². The summed E-state index contributed by atoms with van der Waals surface area (Å²) in [6.07, 6.45) is -0.965. The fraction of sp³-hybridized carbons (Fsp3) is 0.545. The summed E-state index contributed by atoms with van der Waals surface area (Å²) in [4.78, 5) is 43.4. The van der Waals surface area contributed by atoms with Gasteiger partial charge in [-0.3, -0.25) is 19.4 Å². The minimum absolute atomic E-state index is 0.00382. The third-order valence-electron chi connectivity index (χ3n) is 6.10. The molecule has 2 saturated heterocycles. The topological polar surface area (TPSA) is 142 Å².